The van der Waals surface area contributed by atoms with Crippen LogP contribution in [0.4, 0.5) is 0 Å². The van der Waals surface area contributed by atoms with E-state index in [1.807, 2.05) is 6.92 Å². The summed E-state index contributed by atoms with van der Waals surface area (Å²) in [6.07, 6.45) is 0.335. The lowest BCUT2D eigenvalue weighted by atomic mass is 9.83. The first kappa shape index (κ1) is 20.0. The quantitative estimate of drug-likeness (QED) is 0.374. The number of thioether (sulfide) groups is 1. The number of β-lactam (4-membered cyclic amide) rings is 1. The summed E-state index contributed by atoms with van der Waals surface area (Å²) in [5, 5.41) is 12.2. The maximum Gasteiger partial charge on any atom is 0.353 e. The van der Waals surface area contributed by atoms with Crippen LogP contribution in [0.1, 0.15) is 20.3 Å². The van der Waals surface area contributed by atoms with Gasteiger partial charge >= 0.3 is 5.97 Å². The van der Waals surface area contributed by atoms with E-state index in [1.54, 1.807) is 0 Å². The Labute approximate surface area is 153 Å². The molecule has 0 saturated carbocycles. The molecule has 9 heteroatoms. The van der Waals surface area contributed by atoms with Crippen molar-refractivity contribution in [3.05, 3.63) is 10.6 Å². The predicted octanol–water partition coefficient (Wildman–Crippen LogP) is 1.62. The van der Waals surface area contributed by atoms with Gasteiger partial charge in [0.1, 0.15) is 5.70 Å². The van der Waals surface area contributed by atoms with Gasteiger partial charge in [0.15, 0.2) is 8.32 Å². The zero-order valence-electron chi connectivity index (χ0n) is 15.3. The number of amides is 2. The Hall–Kier alpha value is -1.32. The van der Waals surface area contributed by atoms with E-state index in [4.69, 9.17) is 4.43 Å². The highest BCUT2D eigenvalue weighted by Crippen LogP contribution is 2.47. The molecule has 0 aliphatic carbocycles. The molecule has 2 amide bonds. The Morgan fingerprint density at radius 2 is 2.08 bits per heavy atom. The number of aliphatic carboxylic acids is 1. The number of carboxylic acids is 1. The summed E-state index contributed by atoms with van der Waals surface area (Å²) in [7, 11) is -1.78. The fraction of sp³-hybridized carbons (Fsp3) is 0.688. The smallest absolute Gasteiger partial charge is 0.353 e. The lowest BCUT2D eigenvalue weighted by Crippen LogP contribution is -2.63. The molecule has 0 spiro atoms. The monoisotopic (exact) mass is 386 g/mol. The van der Waals surface area contributed by atoms with Gasteiger partial charge in [-0.15, -0.1) is 11.8 Å². The first-order chi connectivity index (χ1) is 11.5. The van der Waals surface area contributed by atoms with Crippen molar-refractivity contribution in [1.82, 2.24) is 10.2 Å². The SMILES string of the molecule is CC(=O)NCCSC1=C(C(=O)O)N2C(=O)[C@H]([C@H](C)O[Si](C)(C)C)C2C1. The summed E-state index contributed by atoms with van der Waals surface area (Å²) >= 11 is 1.40. The Bertz CT molecular complexity index is 616. The summed E-state index contributed by atoms with van der Waals surface area (Å²) in [4.78, 5) is 37.2. The number of carbonyl (C=O) groups excluding carboxylic acids is 2. The van der Waals surface area contributed by atoms with Crippen molar-refractivity contribution in [3.8, 4) is 0 Å². The third kappa shape index (κ3) is 4.45. The number of fused-ring (bicyclic) bond motifs is 1. The molecular formula is C16H26N2O5SSi. The minimum absolute atomic E-state index is 0.0966. The predicted molar refractivity (Wildman–Crippen MR) is 98.4 cm³/mol. The fourth-order valence-electron chi connectivity index (χ4n) is 3.38. The Kier molecular flexibility index (Phi) is 6.00. The van der Waals surface area contributed by atoms with Crippen molar-refractivity contribution in [3.63, 3.8) is 0 Å². The van der Waals surface area contributed by atoms with Crippen LogP contribution in [0.25, 0.3) is 0 Å². The number of carboxylic acid groups (broad SMARTS) is 1. The van der Waals surface area contributed by atoms with E-state index in [0.29, 0.717) is 23.6 Å². The van der Waals surface area contributed by atoms with Crippen LogP contribution in [0.2, 0.25) is 19.6 Å². The molecule has 2 heterocycles. The van der Waals surface area contributed by atoms with E-state index in [-0.39, 0.29) is 35.6 Å². The number of carbonyl (C=O) groups is 3. The average molecular weight is 387 g/mol. The number of nitrogens with one attached hydrogen (secondary N) is 1. The molecule has 7 nitrogen and oxygen atoms in total. The van der Waals surface area contributed by atoms with Crippen molar-refractivity contribution in [2.45, 2.75) is 52.1 Å². The maximum absolute atomic E-state index is 12.5. The van der Waals surface area contributed by atoms with Crippen molar-refractivity contribution < 1.29 is 23.9 Å². The van der Waals surface area contributed by atoms with E-state index < -0.39 is 14.3 Å². The van der Waals surface area contributed by atoms with E-state index in [1.165, 1.54) is 23.6 Å². The van der Waals surface area contributed by atoms with Gasteiger partial charge in [-0.3, -0.25) is 9.59 Å². The molecule has 1 saturated heterocycles. The molecule has 25 heavy (non-hydrogen) atoms. The molecule has 2 aliphatic heterocycles. The zero-order chi connectivity index (χ0) is 18.9. The van der Waals surface area contributed by atoms with Crippen LogP contribution >= 0.6 is 11.8 Å². The van der Waals surface area contributed by atoms with E-state index in [2.05, 4.69) is 25.0 Å². The van der Waals surface area contributed by atoms with Crippen LogP contribution in [-0.2, 0) is 18.8 Å². The van der Waals surface area contributed by atoms with Crippen LogP contribution in [-0.4, -0.2) is 60.6 Å². The summed E-state index contributed by atoms with van der Waals surface area (Å²) in [5.41, 5.74) is 0.0966. The molecule has 0 aromatic carbocycles. The lowest BCUT2D eigenvalue weighted by Gasteiger charge is -2.46. The molecule has 1 fully saturated rings. The molecule has 140 valence electrons. The van der Waals surface area contributed by atoms with Crippen LogP contribution in [0.3, 0.4) is 0 Å². The highest BCUT2D eigenvalue weighted by Gasteiger charge is 2.57. The van der Waals surface area contributed by atoms with E-state index >= 15 is 0 Å². The molecule has 0 radical (unpaired) electrons. The molecule has 0 bridgehead atoms. The number of nitrogens with zero attached hydrogens (tertiary/aromatic N) is 1. The average Bonchev–Trinajstić information content (AvgIpc) is 2.76. The second-order valence-electron chi connectivity index (χ2n) is 7.35. The van der Waals surface area contributed by atoms with E-state index in [0.717, 1.165) is 0 Å². The number of hydrogen-bond donors (Lipinski definition) is 2. The summed E-state index contributed by atoms with van der Waals surface area (Å²) in [6.45, 7) is 10.0. The van der Waals surface area contributed by atoms with Gasteiger partial charge in [-0.25, -0.2) is 4.79 Å². The topological polar surface area (TPSA) is 95.9 Å². The zero-order valence-corrected chi connectivity index (χ0v) is 17.1. The maximum atomic E-state index is 12.5. The van der Waals surface area contributed by atoms with Crippen LogP contribution in [0, 0.1) is 5.92 Å². The normalized spacial score (nSPS) is 24.0. The molecule has 2 aliphatic rings. The number of rotatable bonds is 8. The highest BCUT2D eigenvalue weighted by molar-refractivity contribution is 8.03. The molecular weight excluding hydrogens is 360 g/mol. The van der Waals surface area contributed by atoms with Gasteiger partial charge in [-0.1, -0.05) is 0 Å². The van der Waals surface area contributed by atoms with E-state index in [9.17, 15) is 19.5 Å². The van der Waals surface area contributed by atoms with Crippen molar-refractivity contribution >= 4 is 37.9 Å². The minimum Gasteiger partial charge on any atom is -0.477 e. The largest absolute Gasteiger partial charge is 0.477 e. The van der Waals surface area contributed by atoms with Gasteiger partial charge in [0.2, 0.25) is 11.8 Å². The molecule has 2 N–H and O–H groups in total. The Morgan fingerprint density at radius 3 is 2.60 bits per heavy atom. The van der Waals surface area contributed by atoms with Gasteiger partial charge in [-0.05, 0) is 26.6 Å². The fourth-order valence-corrected chi connectivity index (χ4v) is 5.70. The molecule has 1 unspecified atom stereocenters. The minimum atomic E-state index is -1.78. The Morgan fingerprint density at radius 1 is 1.44 bits per heavy atom. The van der Waals surface area contributed by atoms with Gasteiger partial charge < -0.3 is 19.7 Å². The van der Waals surface area contributed by atoms with Crippen molar-refractivity contribution in [2.24, 2.45) is 5.92 Å². The summed E-state index contributed by atoms with van der Waals surface area (Å²) in [6, 6.07) is -0.131. The van der Waals surface area contributed by atoms with Crippen LogP contribution < -0.4 is 5.32 Å². The first-order valence-electron chi connectivity index (χ1n) is 8.37. The summed E-state index contributed by atoms with van der Waals surface area (Å²) in [5.74, 6) is -1.06. The lowest BCUT2D eigenvalue weighted by molar-refractivity contribution is -0.160. The van der Waals surface area contributed by atoms with Crippen molar-refractivity contribution in [2.75, 3.05) is 12.3 Å². The molecule has 0 aromatic rings. The standard InChI is InChI=1S/C16H26N2O5SSi/c1-9(23-25(3,4)5)13-11-8-12(24-7-6-17-10(2)19)14(16(21)22)18(11)15(13)20/h9,11,13H,6-8H2,1-5H3,(H,17,19)(H,21,22)/t9-,11?,13+/m0/s1. The van der Waals surface area contributed by atoms with Crippen molar-refractivity contribution in [1.29, 1.82) is 0 Å². The molecule has 3 atom stereocenters. The van der Waals surface area contributed by atoms with Gasteiger partial charge in [-0.2, -0.15) is 0 Å². The third-order valence-corrected chi connectivity index (χ3v) is 6.36. The third-order valence-electron chi connectivity index (χ3n) is 4.17. The van der Waals surface area contributed by atoms with Gasteiger partial charge in [0.25, 0.3) is 0 Å². The van der Waals surface area contributed by atoms with Gasteiger partial charge in [0.05, 0.1) is 18.1 Å². The van der Waals surface area contributed by atoms with Crippen LogP contribution in [0.15, 0.2) is 10.6 Å². The Balaban J connectivity index is 2.05. The number of hydrogen-bond acceptors (Lipinski definition) is 5. The van der Waals surface area contributed by atoms with Crippen LogP contribution in [0.5, 0.6) is 0 Å². The molecule has 2 rings (SSSR count). The first-order valence-corrected chi connectivity index (χ1v) is 12.8. The second kappa shape index (κ2) is 7.51. The highest BCUT2D eigenvalue weighted by atomic mass is 32.2. The second-order valence-corrected chi connectivity index (χ2v) is 13.0. The molecule has 0 aromatic heterocycles. The van der Waals surface area contributed by atoms with Gasteiger partial charge in [0, 0.05) is 30.5 Å². The summed E-state index contributed by atoms with van der Waals surface area (Å²) < 4.78 is 6.05.